The van der Waals surface area contributed by atoms with Crippen molar-refractivity contribution in [2.45, 2.75) is 12.0 Å². The number of carbonyl (C=O) groups is 1. The Labute approximate surface area is 97.1 Å². The summed E-state index contributed by atoms with van der Waals surface area (Å²) in [5, 5.41) is 6.31. The van der Waals surface area contributed by atoms with Gasteiger partial charge in [-0.2, -0.15) is 0 Å². The van der Waals surface area contributed by atoms with Crippen LogP contribution >= 0.6 is 11.6 Å². The van der Waals surface area contributed by atoms with Crippen LogP contribution in [0.3, 0.4) is 0 Å². The van der Waals surface area contributed by atoms with Gasteiger partial charge in [-0.3, -0.25) is 5.32 Å². The zero-order valence-electron chi connectivity index (χ0n) is 8.42. The summed E-state index contributed by atoms with van der Waals surface area (Å²) in [6, 6.07) is 1.80. The molecule has 0 radical (unpaired) electrons. The van der Waals surface area contributed by atoms with E-state index in [1.54, 1.807) is 6.07 Å². The predicted molar refractivity (Wildman–Crippen MR) is 58.5 cm³/mol. The third kappa shape index (κ3) is 1.36. The number of fused-ring (bicyclic) bond motifs is 2. The summed E-state index contributed by atoms with van der Waals surface area (Å²) in [7, 11) is 0. The Bertz CT molecular complexity index is 457. The summed E-state index contributed by atoms with van der Waals surface area (Å²) in [5.74, 6) is 0.546. The summed E-state index contributed by atoms with van der Waals surface area (Å²) >= 11 is 5.92. The highest BCUT2D eigenvalue weighted by Gasteiger charge is 2.45. The molecule has 1 fully saturated rings. The maximum absolute atomic E-state index is 11.4. The van der Waals surface area contributed by atoms with Crippen LogP contribution in [0.1, 0.15) is 12.0 Å². The van der Waals surface area contributed by atoms with Crippen LogP contribution in [0.15, 0.2) is 12.3 Å². The van der Waals surface area contributed by atoms with Gasteiger partial charge in [0.05, 0.1) is 5.02 Å². The van der Waals surface area contributed by atoms with Crippen molar-refractivity contribution in [3.05, 3.63) is 22.8 Å². The lowest BCUT2D eigenvalue weighted by molar-refractivity contribution is 0.0273. The molecule has 84 valence electrons. The van der Waals surface area contributed by atoms with Crippen molar-refractivity contribution in [1.82, 2.24) is 10.3 Å². The monoisotopic (exact) mass is 239 g/mol. The molecule has 2 aliphatic heterocycles. The van der Waals surface area contributed by atoms with Crippen molar-refractivity contribution in [2.75, 3.05) is 18.4 Å². The van der Waals surface area contributed by atoms with Crippen molar-refractivity contribution in [2.24, 2.45) is 0 Å². The molecular weight excluding hydrogens is 230 g/mol. The molecule has 1 spiro atoms. The van der Waals surface area contributed by atoms with E-state index in [2.05, 4.69) is 15.6 Å². The second-order valence-electron chi connectivity index (χ2n) is 3.99. The Morgan fingerprint density at radius 1 is 1.56 bits per heavy atom. The van der Waals surface area contributed by atoms with Crippen LogP contribution in [0.2, 0.25) is 5.02 Å². The van der Waals surface area contributed by atoms with Gasteiger partial charge in [0.2, 0.25) is 0 Å². The first kappa shape index (κ1) is 9.86. The van der Waals surface area contributed by atoms with Gasteiger partial charge in [-0.05, 0) is 12.6 Å². The molecule has 5 nitrogen and oxygen atoms in total. The van der Waals surface area contributed by atoms with Gasteiger partial charge < -0.3 is 10.1 Å². The number of nitrogens with zero attached hydrogens (tertiary/aromatic N) is 1. The van der Waals surface area contributed by atoms with E-state index in [0.29, 0.717) is 17.4 Å². The second kappa shape index (κ2) is 3.33. The molecule has 3 heterocycles. The van der Waals surface area contributed by atoms with Crippen molar-refractivity contribution in [1.29, 1.82) is 0 Å². The lowest BCUT2D eigenvalue weighted by Gasteiger charge is -2.34. The lowest BCUT2D eigenvalue weighted by Crippen LogP contribution is -2.41. The normalized spacial score (nSPS) is 27.4. The van der Waals surface area contributed by atoms with E-state index in [4.69, 9.17) is 16.3 Å². The first-order valence-electron chi connectivity index (χ1n) is 5.06. The molecule has 3 rings (SSSR count). The number of amides is 1. The van der Waals surface area contributed by atoms with Gasteiger partial charge in [0.1, 0.15) is 5.82 Å². The van der Waals surface area contributed by atoms with Gasteiger partial charge in [-0.25, -0.2) is 9.78 Å². The molecule has 1 aromatic heterocycles. The molecule has 1 amide bonds. The van der Waals surface area contributed by atoms with Crippen LogP contribution in [0.25, 0.3) is 0 Å². The number of hydrogen-bond donors (Lipinski definition) is 2. The van der Waals surface area contributed by atoms with Gasteiger partial charge in [0.15, 0.2) is 5.60 Å². The second-order valence-corrected chi connectivity index (χ2v) is 4.42. The van der Waals surface area contributed by atoms with Crippen molar-refractivity contribution < 1.29 is 9.53 Å². The third-order valence-corrected chi connectivity index (χ3v) is 3.18. The minimum atomic E-state index is -0.602. The summed E-state index contributed by atoms with van der Waals surface area (Å²) in [6.45, 7) is 1.43. The lowest BCUT2D eigenvalue weighted by atomic mass is 9.92. The number of ether oxygens (including phenoxy) is 1. The largest absolute Gasteiger partial charge is 0.436 e. The molecule has 1 atom stereocenters. The first-order chi connectivity index (χ1) is 7.70. The number of carbonyl (C=O) groups excluding carboxylic acids is 1. The van der Waals surface area contributed by atoms with E-state index < -0.39 is 11.7 Å². The topological polar surface area (TPSA) is 63.2 Å². The van der Waals surface area contributed by atoms with E-state index in [1.165, 1.54) is 6.20 Å². The van der Waals surface area contributed by atoms with E-state index >= 15 is 0 Å². The maximum atomic E-state index is 11.4. The summed E-state index contributed by atoms with van der Waals surface area (Å²) in [6.07, 6.45) is 1.81. The zero-order valence-corrected chi connectivity index (χ0v) is 9.17. The summed E-state index contributed by atoms with van der Waals surface area (Å²) < 4.78 is 5.41. The highest BCUT2D eigenvalue weighted by atomic mass is 35.5. The van der Waals surface area contributed by atoms with Crippen LogP contribution in [-0.4, -0.2) is 24.2 Å². The molecule has 0 aromatic carbocycles. The van der Waals surface area contributed by atoms with Crippen LogP contribution in [0.4, 0.5) is 10.6 Å². The van der Waals surface area contributed by atoms with Gasteiger partial charge in [0.25, 0.3) is 0 Å². The molecule has 0 aliphatic carbocycles. The van der Waals surface area contributed by atoms with E-state index in [9.17, 15) is 4.79 Å². The quantitative estimate of drug-likeness (QED) is 0.720. The summed E-state index contributed by atoms with van der Waals surface area (Å²) in [5.41, 5.74) is 0.250. The Morgan fingerprint density at radius 3 is 3.19 bits per heavy atom. The molecule has 1 aromatic rings. The molecular formula is C10H10ClN3O2. The fourth-order valence-corrected chi connectivity index (χ4v) is 2.38. The number of pyridine rings is 1. The van der Waals surface area contributed by atoms with Crippen molar-refractivity contribution in [3.63, 3.8) is 0 Å². The fourth-order valence-electron chi connectivity index (χ4n) is 2.23. The molecule has 1 unspecified atom stereocenters. The number of hydrogen-bond acceptors (Lipinski definition) is 4. The van der Waals surface area contributed by atoms with Gasteiger partial charge >= 0.3 is 6.09 Å². The highest BCUT2D eigenvalue weighted by molar-refractivity contribution is 6.30. The molecule has 0 saturated carbocycles. The Hall–Kier alpha value is -1.33. The number of anilines is 1. The van der Waals surface area contributed by atoms with Crippen molar-refractivity contribution >= 4 is 23.5 Å². The SMILES string of the molecule is O=C1Nc2ncc(Cl)cc2C2(CCNC2)O1. The van der Waals surface area contributed by atoms with Gasteiger partial charge in [-0.1, -0.05) is 11.6 Å². The van der Waals surface area contributed by atoms with E-state index in [0.717, 1.165) is 18.5 Å². The molecule has 0 bridgehead atoms. The number of nitrogens with one attached hydrogen (secondary N) is 2. The average Bonchev–Trinajstić information content (AvgIpc) is 2.69. The summed E-state index contributed by atoms with van der Waals surface area (Å²) in [4.78, 5) is 15.6. The third-order valence-electron chi connectivity index (χ3n) is 2.97. The smallest absolute Gasteiger partial charge is 0.413 e. The molecule has 1 saturated heterocycles. The minimum Gasteiger partial charge on any atom is -0.436 e. The van der Waals surface area contributed by atoms with Crippen LogP contribution in [0, 0.1) is 0 Å². The first-order valence-corrected chi connectivity index (χ1v) is 5.44. The standard InChI is InChI=1S/C10H10ClN3O2/c11-6-3-7-8(13-4-6)14-9(15)16-10(7)1-2-12-5-10/h3-4,12H,1-2,5H2,(H,13,14,15). The molecule has 16 heavy (non-hydrogen) atoms. The molecule has 2 aliphatic rings. The minimum absolute atomic E-state index is 0.453. The van der Waals surface area contributed by atoms with Crippen LogP contribution in [0.5, 0.6) is 0 Å². The number of aromatic nitrogens is 1. The van der Waals surface area contributed by atoms with Gasteiger partial charge in [0, 0.05) is 24.7 Å². The predicted octanol–water partition coefficient (Wildman–Crippen LogP) is 1.49. The zero-order chi connectivity index (χ0) is 11.2. The van der Waals surface area contributed by atoms with E-state index in [-0.39, 0.29) is 0 Å². The Balaban J connectivity index is 2.16. The molecule has 6 heteroatoms. The van der Waals surface area contributed by atoms with Crippen LogP contribution < -0.4 is 10.6 Å². The maximum Gasteiger partial charge on any atom is 0.413 e. The number of rotatable bonds is 0. The van der Waals surface area contributed by atoms with Gasteiger partial charge in [-0.15, -0.1) is 0 Å². The number of halogens is 1. The van der Waals surface area contributed by atoms with Crippen LogP contribution in [-0.2, 0) is 10.3 Å². The fraction of sp³-hybridized carbons (Fsp3) is 0.400. The van der Waals surface area contributed by atoms with E-state index in [1.807, 2.05) is 0 Å². The average molecular weight is 240 g/mol. The highest BCUT2D eigenvalue weighted by Crippen LogP contribution is 2.40. The Morgan fingerprint density at radius 2 is 2.44 bits per heavy atom. The Kier molecular flexibility index (Phi) is 2.05. The van der Waals surface area contributed by atoms with Crippen molar-refractivity contribution in [3.8, 4) is 0 Å². The molecule has 2 N–H and O–H groups in total.